The third-order valence-electron chi connectivity index (χ3n) is 2.84. The first kappa shape index (κ1) is 11.9. The maximum Gasteiger partial charge on any atom is 0.336 e. The van der Waals surface area contributed by atoms with Crippen LogP contribution in [0.5, 0.6) is 0 Å². The van der Waals surface area contributed by atoms with Crippen molar-refractivity contribution in [2.45, 2.75) is 20.3 Å². The summed E-state index contributed by atoms with van der Waals surface area (Å²) in [4.78, 5) is 15.8. The number of carboxylic acid groups (broad SMARTS) is 1. The minimum absolute atomic E-state index is 0.278. The number of hydrogen-bond donors (Lipinski definition) is 1. The van der Waals surface area contributed by atoms with Crippen LogP contribution in [0.2, 0.25) is 5.02 Å². The molecule has 1 aromatic carbocycles. The topological polar surface area (TPSA) is 50.2 Å². The van der Waals surface area contributed by atoms with E-state index in [4.69, 9.17) is 11.6 Å². The zero-order valence-electron chi connectivity index (χ0n) is 9.62. The maximum atomic E-state index is 11.4. The summed E-state index contributed by atoms with van der Waals surface area (Å²) in [6.45, 7) is 3.74. The average Bonchev–Trinajstić information content (AvgIpc) is 2.27. The van der Waals surface area contributed by atoms with Crippen LogP contribution >= 0.6 is 11.6 Å². The van der Waals surface area contributed by atoms with Crippen LogP contribution in [-0.2, 0) is 6.42 Å². The van der Waals surface area contributed by atoms with E-state index in [9.17, 15) is 9.90 Å². The van der Waals surface area contributed by atoms with E-state index in [1.807, 2.05) is 13.8 Å². The van der Waals surface area contributed by atoms with E-state index in [-0.39, 0.29) is 5.56 Å². The van der Waals surface area contributed by atoms with Crippen LogP contribution in [0, 0.1) is 6.92 Å². The number of pyridine rings is 1. The van der Waals surface area contributed by atoms with Gasteiger partial charge >= 0.3 is 5.97 Å². The number of carbonyl (C=O) groups is 1. The number of halogens is 1. The van der Waals surface area contributed by atoms with Crippen LogP contribution < -0.4 is 0 Å². The van der Waals surface area contributed by atoms with Crippen LogP contribution in [0.3, 0.4) is 0 Å². The highest BCUT2D eigenvalue weighted by molar-refractivity contribution is 6.36. The fraction of sp³-hybridized carbons (Fsp3) is 0.231. The monoisotopic (exact) mass is 249 g/mol. The fourth-order valence-corrected chi connectivity index (χ4v) is 2.37. The Hall–Kier alpha value is -1.61. The number of aromatic nitrogens is 1. The molecule has 17 heavy (non-hydrogen) atoms. The predicted molar refractivity (Wildman–Crippen MR) is 67.8 cm³/mol. The zero-order chi connectivity index (χ0) is 12.6. The van der Waals surface area contributed by atoms with Gasteiger partial charge in [-0.3, -0.25) is 4.98 Å². The van der Waals surface area contributed by atoms with Crippen molar-refractivity contribution in [2.75, 3.05) is 0 Å². The van der Waals surface area contributed by atoms with E-state index in [0.717, 1.165) is 11.3 Å². The number of fused-ring (bicyclic) bond motifs is 1. The summed E-state index contributed by atoms with van der Waals surface area (Å²) < 4.78 is 0. The lowest BCUT2D eigenvalue weighted by atomic mass is 9.99. The second kappa shape index (κ2) is 4.34. The molecular formula is C13H12ClNO2. The summed E-state index contributed by atoms with van der Waals surface area (Å²) in [5, 5.41) is 10.3. The van der Waals surface area contributed by atoms with Gasteiger partial charge in [-0.15, -0.1) is 0 Å². The van der Waals surface area contributed by atoms with Crippen molar-refractivity contribution >= 4 is 28.5 Å². The quantitative estimate of drug-likeness (QED) is 0.887. The highest BCUT2D eigenvalue weighted by Gasteiger charge is 2.18. The van der Waals surface area contributed by atoms with Gasteiger partial charge < -0.3 is 5.11 Å². The Kier molecular flexibility index (Phi) is 3.03. The van der Waals surface area contributed by atoms with Crippen molar-refractivity contribution in [1.29, 1.82) is 0 Å². The van der Waals surface area contributed by atoms with Crippen molar-refractivity contribution in [1.82, 2.24) is 4.98 Å². The standard InChI is InChI=1S/C13H12ClNO2/c1-3-8-7(2)15-10-6-4-5-9(14)12(10)11(8)13(16)17/h4-6H,3H2,1-2H3,(H,16,17). The molecule has 4 heteroatoms. The van der Waals surface area contributed by atoms with Crippen molar-refractivity contribution < 1.29 is 9.90 Å². The second-order valence-electron chi connectivity index (χ2n) is 3.84. The van der Waals surface area contributed by atoms with E-state index < -0.39 is 5.97 Å². The second-order valence-corrected chi connectivity index (χ2v) is 4.25. The van der Waals surface area contributed by atoms with Crippen LogP contribution in [0.4, 0.5) is 0 Å². The molecule has 1 heterocycles. The number of hydrogen-bond acceptors (Lipinski definition) is 2. The van der Waals surface area contributed by atoms with Crippen molar-refractivity contribution in [3.05, 3.63) is 40.0 Å². The van der Waals surface area contributed by atoms with E-state index in [1.54, 1.807) is 18.2 Å². The average molecular weight is 250 g/mol. The molecule has 0 spiro atoms. The van der Waals surface area contributed by atoms with Gasteiger partial charge in [0.2, 0.25) is 0 Å². The first-order valence-electron chi connectivity index (χ1n) is 5.37. The highest BCUT2D eigenvalue weighted by Crippen LogP contribution is 2.29. The fourth-order valence-electron chi connectivity index (χ4n) is 2.10. The minimum Gasteiger partial charge on any atom is -0.478 e. The lowest BCUT2D eigenvalue weighted by molar-refractivity contribution is 0.0697. The SMILES string of the molecule is CCc1c(C)nc2cccc(Cl)c2c1C(=O)O. The van der Waals surface area contributed by atoms with E-state index in [2.05, 4.69) is 4.98 Å². The number of nitrogens with zero attached hydrogens (tertiary/aromatic N) is 1. The molecule has 2 rings (SSSR count). The molecule has 0 radical (unpaired) electrons. The Morgan fingerprint density at radius 2 is 2.18 bits per heavy atom. The maximum absolute atomic E-state index is 11.4. The van der Waals surface area contributed by atoms with E-state index in [0.29, 0.717) is 22.3 Å². The molecule has 1 N–H and O–H groups in total. The number of aryl methyl sites for hydroxylation is 1. The lowest BCUT2D eigenvalue weighted by Crippen LogP contribution is -2.07. The first-order valence-corrected chi connectivity index (χ1v) is 5.75. The van der Waals surface area contributed by atoms with Crippen LogP contribution in [0.1, 0.15) is 28.5 Å². The van der Waals surface area contributed by atoms with Gasteiger partial charge in [-0.2, -0.15) is 0 Å². The molecule has 0 amide bonds. The predicted octanol–water partition coefficient (Wildman–Crippen LogP) is 3.46. The first-order chi connectivity index (χ1) is 8.06. The molecule has 3 nitrogen and oxygen atoms in total. The Labute approximate surface area is 104 Å². The number of rotatable bonds is 2. The van der Waals surface area contributed by atoms with Gasteiger partial charge in [0.05, 0.1) is 16.1 Å². The lowest BCUT2D eigenvalue weighted by Gasteiger charge is -2.11. The summed E-state index contributed by atoms with van der Waals surface area (Å²) >= 11 is 6.08. The Balaban J connectivity index is 3.00. The summed E-state index contributed by atoms with van der Waals surface area (Å²) in [7, 11) is 0. The summed E-state index contributed by atoms with van der Waals surface area (Å²) in [6, 6.07) is 5.24. The van der Waals surface area contributed by atoms with Crippen LogP contribution in [0.15, 0.2) is 18.2 Å². The third kappa shape index (κ3) is 1.87. The third-order valence-corrected chi connectivity index (χ3v) is 3.15. The van der Waals surface area contributed by atoms with Gasteiger partial charge in [0, 0.05) is 11.1 Å². The van der Waals surface area contributed by atoms with Gasteiger partial charge in [-0.1, -0.05) is 24.6 Å². The normalized spacial score (nSPS) is 10.8. The zero-order valence-corrected chi connectivity index (χ0v) is 10.4. The molecule has 0 fully saturated rings. The molecule has 0 unspecified atom stereocenters. The minimum atomic E-state index is -0.953. The molecular weight excluding hydrogens is 238 g/mol. The molecule has 0 saturated heterocycles. The Morgan fingerprint density at radius 3 is 2.76 bits per heavy atom. The molecule has 0 aliphatic carbocycles. The van der Waals surface area contributed by atoms with Gasteiger partial charge in [-0.05, 0) is 31.0 Å². The summed E-state index contributed by atoms with van der Waals surface area (Å²) in [5.41, 5.74) is 2.41. The molecule has 0 saturated carbocycles. The highest BCUT2D eigenvalue weighted by atomic mass is 35.5. The van der Waals surface area contributed by atoms with Crippen molar-refractivity contribution in [2.24, 2.45) is 0 Å². The largest absolute Gasteiger partial charge is 0.478 e. The van der Waals surface area contributed by atoms with Crippen molar-refractivity contribution in [3.8, 4) is 0 Å². The van der Waals surface area contributed by atoms with Gasteiger partial charge in [-0.25, -0.2) is 4.79 Å². The van der Waals surface area contributed by atoms with Crippen LogP contribution in [0.25, 0.3) is 10.9 Å². The molecule has 0 bridgehead atoms. The Bertz CT molecular complexity index is 608. The van der Waals surface area contributed by atoms with Crippen molar-refractivity contribution in [3.63, 3.8) is 0 Å². The van der Waals surface area contributed by atoms with E-state index in [1.165, 1.54) is 0 Å². The van der Waals surface area contributed by atoms with E-state index >= 15 is 0 Å². The number of aromatic carboxylic acids is 1. The number of benzene rings is 1. The van der Waals surface area contributed by atoms with Gasteiger partial charge in [0.25, 0.3) is 0 Å². The Morgan fingerprint density at radius 1 is 1.47 bits per heavy atom. The smallest absolute Gasteiger partial charge is 0.336 e. The number of carboxylic acids is 1. The van der Waals surface area contributed by atoms with Gasteiger partial charge in [0.1, 0.15) is 0 Å². The summed E-state index contributed by atoms with van der Waals surface area (Å²) in [6.07, 6.45) is 0.627. The summed E-state index contributed by atoms with van der Waals surface area (Å²) in [5.74, 6) is -0.953. The molecule has 0 atom stereocenters. The molecule has 0 aliphatic heterocycles. The molecule has 0 aliphatic rings. The van der Waals surface area contributed by atoms with Crippen LogP contribution in [-0.4, -0.2) is 16.1 Å². The molecule has 1 aromatic heterocycles. The molecule has 2 aromatic rings. The molecule has 88 valence electrons. The van der Waals surface area contributed by atoms with Gasteiger partial charge in [0.15, 0.2) is 0 Å².